The second-order valence-corrected chi connectivity index (χ2v) is 5.45. The minimum absolute atomic E-state index is 0.179. The van der Waals surface area contributed by atoms with Gasteiger partial charge in [0.05, 0.1) is 6.61 Å². The fraction of sp³-hybridized carbons (Fsp3) is 0.500. The lowest BCUT2D eigenvalue weighted by Gasteiger charge is -2.26. The van der Waals surface area contributed by atoms with Gasteiger partial charge in [0, 0.05) is 32.3 Å². The van der Waals surface area contributed by atoms with E-state index in [1.165, 1.54) is 7.11 Å². The smallest absolute Gasteiger partial charge is 0.239 e. The molecule has 22 heavy (non-hydrogen) atoms. The first-order valence-electron chi connectivity index (χ1n) is 7.53. The molecule has 0 saturated carbocycles. The molecule has 6 heteroatoms. The molecule has 1 fully saturated rings. The number of ether oxygens (including phenoxy) is 1. The van der Waals surface area contributed by atoms with Gasteiger partial charge < -0.3 is 20.7 Å². The van der Waals surface area contributed by atoms with Crippen molar-refractivity contribution in [1.82, 2.24) is 5.32 Å². The van der Waals surface area contributed by atoms with Crippen molar-refractivity contribution < 1.29 is 14.3 Å². The number of carbonyl (C=O) groups is 2. The molecule has 1 atom stereocenters. The SMILES string of the molecule is COCC(N)C(=O)NCc1ccc(N2CCCCC2=O)cc1. The number of anilines is 1. The van der Waals surface area contributed by atoms with E-state index >= 15 is 0 Å². The lowest BCUT2D eigenvalue weighted by Crippen LogP contribution is -2.43. The lowest BCUT2D eigenvalue weighted by molar-refractivity contribution is -0.123. The van der Waals surface area contributed by atoms with Gasteiger partial charge in [-0.1, -0.05) is 12.1 Å². The molecule has 0 bridgehead atoms. The van der Waals surface area contributed by atoms with Crippen molar-refractivity contribution >= 4 is 17.5 Å². The molecule has 120 valence electrons. The van der Waals surface area contributed by atoms with Gasteiger partial charge in [0.25, 0.3) is 0 Å². The van der Waals surface area contributed by atoms with Crippen LogP contribution in [0.1, 0.15) is 24.8 Å². The van der Waals surface area contributed by atoms with E-state index in [4.69, 9.17) is 10.5 Å². The molecular weight excluding hydrogens is 282 g/mol. The highest BCUT2D eigenvalue weighted by atomic mass is 16.5. The molecule has 2 amide bonds. The molecule has 1 saturated heterocycles. The summed E-state index contributed by atoms with van der Waals surface area (Å²) in [5.41, 5.74) is 7.52. The highest BCUT2D eigenvalue weighted by molar-refractivity contribution is 5.93. The van der Waals surface area contributed by atoms with Crippen molar-refractivity contribution in [1.29, 1.82) is 0 Å². The topological polar surface area (TPSA) is 84.7 Å². The third-order valence-corrected chi connectivity index (χ3v) is 3.72. The third-order valence-electron chi connectivity index (χ3n) is 3.72. The quantitative estimate of drug-likeness (QED) is 0.814. The summed E-state index contributed by atoms with van der Waals surface area (Å²) >= 11 is 0. The van der Waals surface area contributed by atoms with Crippen LogP contribution in [0, 0.1) is 0 Å². The highest BCUT2D eigenvalue weighted by Crippen LogP contribution is 2.21. The number of rotatable bonds is 6. The molecule has 1 aromatic rings. The predicted molar refractivity (Wildman–Crippen MR) is 84.3 cm³/mol. The third kappa shape index (κ3) is 4.29. The van der Waals surface area contributed by atoms with E-state index in [9.17, 15) is 9.59 Å². The summed E-state index contributed by atoms with van der Waals surface area (Å²) in [5, 5.41) is 2.77. The Bertz CT molecular complexity index is 516. The van der Waals surface area contributed by atoms with Gasteiger partial charge in [-0.2, -0.15) is 0 Å². The molecule has 2 rings (SSSR count). The highest BCUT2D eigenvalue weighted by Gasteiger charge is 2.19. The molecular formula is C16H23N3O3. The van der Waals surface area contributed by atoms with E-state index < -0.39 is 6.04 Å². The summed E-state index contributed by atoms with van der Waals surface area (Å²) < 4.78 is 4.85. The molecule has 1 unspecified atom stereocenters. The number of amides is 2. The van der Waals surface area contributed by atoms with Gasteiger partial charge in [-0.25, -0.2) is 0 Å². The fourth-order valence-corrected chi connectivity index (χ4v) is 2.45. The largest absolute Gasteiger partial charge is 0.383 e. The van der Waals surface area contributed by atoms with E-state index in [2.05, 4.69) is 5.32 Å². The van der Waals surface area contributed by atoms with E-state index in [0.29, 0.717) is 13.0 Å². The standard InChI is InChI=1S/C16H23N3O3/c1-22-11-14(17)16(21)18-10-12-5-7-13(8-6-12)19-9-3-2-4-15(19)20/h5-8,14H,2-4,9-11,17H2,1H3,(H,18,21). The monoisotopic (exact) mass is 305 g/mol. The normalized spacial score (nSPS) is 16.5. The van der Waals surface area contributed by atoms with Gasteiger partial charge in [-0.05, 0) is 30.5 Å². The van der Waals surface area contributed by atoms with Crippen LogP contribution in [0.15, 0.2) is 24.3 Å². The van der Waals surface area contributed by atoms with Gasteiger partial charge in [0.15, 0.2) is 0 Å². The molecule has 3 N–H and O–H groups in total. The van der Waals surface area contributed by atoms with Gasteiger partial charge in [0.1, 0.15) is 6.04 Å². The van der Waals surface area contributed by atoms with Crippen LogP contribution in [0.5, 0.6) is 0 Å². The van der Waals surface area contributed by atoms with Crippen LogP contribution in [0.3, 0.4) is 0 Å². The summed E-state index contributed by atoms with van der Waals surface area (Å²) in [6.07, 6.45) is 2.64. The molecule has 1 aromatic carbocycles. The minimum atomic E-state index is -0.657. The van der Waals surface area contributed by atoms with Crippen molar-refractivity contribution in [2.24, 2.45) is 5.73 Å². The number of hydrogen-bond donors (Lipinski definition) is 2. The summed E-state index contributed by atoms with van der Waals surface area (Å²) in [4.78, 5) is 25.4. The lowest BCUT2D eigenvalue weighted by atomic mass is 10.1. The van der Waals surface area contributed by atoms with Crippen molar-refractivity contribution in [3.63, 3.8) is 0 Å². The first kappa shape index (κ1) is 16.5. The average molecular weight is 305 g/mol. The Labute approximate surface area is 130 Å². The fourth-order valence-electron chi connectivity index (χ4n) is 2.45. The number of benzene rings is 1. The zero-order chi connectivity index (χ0) is 15.9. The maximum atomic E-state index is 11.9. The molecule has 1 aliphatic rings. The number of nitrogens with two attached hydrogens (primary N) is 1. The maximum absolute atomic E-state index is 11.9. The summed E-state index contributed by atoms with van der Waals surface area (Å²) in [5.74, 6) is -0.0602. The van der Waals surface area contributed by atoms with Gasteiger partial charge in [-0.15, -0.1) is 0 Å². The molecule has 6 nitrogen and oxygen atoms in total. The second-order valence-electron chi connectivity index (χ2n) is 5.45. The Hall–Kier alpha value is -1.92. The number of piperidine rings is 1. The van der Waals surface area contributed by atoms with E-state index in [1.807, 2.05) is 29.2 Å². The van der Waals surface area contributed by atoms with E-state index in [-0.39, 0.29) is 18.4 Å². The van der Waals surface area contributed by atoms with Gasteiger partial charge in [0.2, 0.25) is 11.8 Å². The molecule has 1 aliphatic heterocycles. The van der Waals surface area contributed by atoms with Crippen molar-refractivity contribution in [3.8, 4) is 0 Å². The molecule has 0 aliphatic carbocycles. The molecule has 0 radical (unpaired) electrons. The average Bonchev–Trinajstić information content (AvgIpc) is 2.54. The van der Waals surface area contributed by atoms with Crippen LogP contribution in [-0.2, 0) is 20.9 Å². The molecule has 0 aromatic heterocycles. The zero-order valence-corrected chi connectivity index (χ0v) is 12.9. The van der Waals surface area contributed by atoms with Gasteiger partial charge in [-0.3, -0.25) is 9.59 Å². The number of methoxy groups -OCH3 is 1. The Kier molecular flexibility index (Phi) is 5.91. The zero-order valence-electron chi connectivity index (χ0n) is 12.9. The number of nitrogens with zero attached hydrogens (tertiary/aromatic N) is 1. The Morgan fingerprint density at radius 3 is 2.73 bits per heavy atom. The summed E-state index contributed by atoms with van der Waals surface area (Å²) in [6, 6.07) is 7.01. The Balaban J connectivity index is 1.89. The number of hydrogen-bond acceptors (Lipinski definition) is 4. The Morgan fingerprint density at radius 2 is 2.09 bits per heavy atom. The second kappa shape index (κ2) is 7.91. The molecule has 1 heterocycles. The van der Waals surface area contributed by atoms with Crippen molar-refractivity contribution in [2.45, 2.75) is 31.8 Å². The Morgan fingerprint density at radius 1 is 1.36 bits per heavy atom. The first-order chi connectivity index (χ1) is 10.6. The number of nitrogens with one attached hydrogen (secondary N) is 1. The van der Waals surface area contributed by atoms with Crippen LogP contribution in [0.2, 0.25) is 0 Å². The summed E-state index contributed by atoms with van der Waals surface area (Å²) in [6.45, 7) is 1.38. The number of carbonyl (C=O) groups excluding carboxylic acids is 2. The van der Waals surface area contributed by atoms with Crippen LogP contribution < -0.4 is 16.0 Å². The van der Waals surface area contributed by atoms with E-state index in [1.54, 1.807) is 0 Å². The van der Waals surface area contributed by atoms with Crippen LogP contribution in [0.4, 0.5) is 5.69 Å². The van der Waals surface area contributed by atoms with Crippen LogP contribution >= 0.6 is 0 Å². The summed E-state index contributed by atoms with van der Waals surface area (Å²) in [7, 11) is 1.51. The first-order valence-corrected chi connectivity index (χ1v) is 7.53. The van der Waals surface area contributed by atoms with E-state index in [0.717, 1.165) is 30.6 Å². The van der Waals surface area contributed by atoms with Crippen LogP contribution in [-0.4, -0.2) is 38.1 Å². The van der Waals surface area contributed by atoms with Crippen LogP contribution in [0.25, 0.3) is 0 Å². The van der Waals surface area contributed by atoms with Gasteiger partial charge >= 0.3 is 0 Å². The van der Waals surface area contributed by atoms with Crippen molar-refractivity contribution in [2.75, 3.05) is 25.2 Å². The maximum Gasteiger partial charge on any atom is 0.239 e. The predicted octanol–water partition coefficient (Wildman–Crippen LogP) is 0.793. The van der Waals surface area contributed by atoms with Crippen molar-refractivity contribution in [3.05, 3.63) is 29.8 Å². The molecule has 0 spiro atoms. The minimum Gasteiger partial charge on any atom is -0.383 e.